The van der Waals surface area contributed by atoms with Gasteiger partial charge in [-0.1, -0.05) is 6.07 Å². The number of ether oxygens (including phenoxy) is 3. The highest BCUT2D eigenvalue weighted by molar-refractivity contribution is 6.12. The van der Waals surface area contributed by atoms with Crippen molar-refractivity contribution in [1.29, 1.82) is 0 Å². The van der Waals surface area contributed by atoms with Gasteiger partial charge in [0.1, 0.15) is 0 Å². The van der Waals surface area contributed by atoms with Crippen LogP contribution in [0.4, 0.5) is 5.69 Å². The van der Waals surface area contributed by atoms with Crippen molar-refractivity contribution in [2.24, 2.45) is 0 Å². The van der Waals surface area contributed by atoms with Gasteiger partial charge in [0.2, 0.25) is 5.75 Å². The zero-order valence-electron chi connectivity index (χ0n) is 15.8. The summed E-state index contributed by atoms with van der Waals surface area (Å²) >= 11 is 0. The first kappa shape index (κ1) is 18.4. The van der Waals surface area contributed by atoms with Crippen molar-refractivity contribution in [2.45, 2.75) is 6.92 Å². The smallest absolute Gasteiger partial charge is 0.203 e. The molecular formula is C21H22N2O4. The number of nitrogens with one attached hydrogen (secondary N) is 1. The molecule has 27 heavy (non-hydrogen) atoms. The van der Waals surface area contributed by atoms with Crippen molar-refractivity contribution in [3.05, 3.63) is 53.2 Å². The highest BCUT2D eigenvalue weighted by atomic mass is 16.5. The van der Waals surface area contributed by atoms with Crippen molar-refractivity contribution < 1.29 is 19.0 Å². The predicted octanol–water partition coefficient (Wildman–Crippen LogP) is 4.06. The molecule has 0 saturated heterocycles. The number of Topliss-reactive ketones (excluding diaryl/α,β-unsaturated/α-hetero) is 1. The molecule has 0 aliphatic carbocycles. The molecule has 0 aliphatic rings. The second kappa shape index (κ2) is 7.45. The van der Waals surface area contributed by atoms with Crippen LogP contribution in [0.3, 0.4) is 0 Å². The number of ketones is 1. The van der Waals surface area contributed by atoms with Crippen LogP contribution in [0.1, 0.15) is 22.8 Å². The lowest BCUT2D eigenvalue weighted by Crippen LogP contribution is -2.03. The maximum atomic E-state index is 12.9. The lowest BCUT2D eigenvalue weighted by Gasteiger charge is -2.13. The van der Waals surface area contributed by atoms with E-state index in [0.29, 0.717) is 34.1 Å². The normalized spacial score (nSPS) is 11.5. The first-order valence-corrected chi connectivity index (χ1v) is 8.38. The number of allylic oxidation sites excluding steroid dienone is 1. The minimum Gasteiger partial charge on any atom is -0.493 e. The number of carbonyl (C=O) groups excluding carboxylic acids is 1. The van der Waals surface area contributed by atoms with Crippen molar-refractivity contribution in [2.75, 3.05) is 27.1 Å². The average molecular weight is 366 g/mol. The number of carbonyl (C=O) groups is 1. The number of nitrogen functional groups attached to an aromatic ring is 1. The molecule has 6 nitrogen and oxygen atoms in total. The van der Waals surface area contributed by atoms with Gasteiger partial charge in [0, 0.05) is 33.9 Å². The van der Waals surface area contributed by atoms with Gasteiger partial charge in [0.05, 0.1) is 21.3 Å². The summed E-state index contributed by atoms with van der Waals surface area (Å²) in [6.45, 7) is 1.78. The van der Waals surface area contributed by atoms with Crippen LogP contribution in [0.2, 0.25) is 0 Å². The van der Waals surface area contributed by atoms with Gasteiger partial charge in [-0.05, 0) is 42.8 Å². The molecule has 2 aromatic carbocycles. The molecule has 0 saturated carbocycles. The monoisotopic (exact) mass is 366 g/mol. The third-order valence-corrected chi connectivity index (χ3v) is 4.39. The van der Waals surface area contributed by atoms with Crippen LogP contribution >= 0.6 is 0 Å². The summed E-state index contributed by atoms with van der Waals surface area (Å²) in [6.07, 6.45) is 3.70. The van der Waals surface area contributed by atoms with E-state index in [0.717, 1.165) is 16.5 Å². The lowest BCUT2D eigenvalue weighted by atomic mass is 10.0. The minimum atomic E-state index is -0.126. The Morgan fingerprint density at radius 2 is 1.70 bits per heavy atom. The SMILES string of the molecule is COc1cc(C(=O)/C(C)=C/c2c[nH]c3cc(N)ccc23)cc(OC)c1OC. The number of aromatic amines is 1. The molecule has 1 heterocycles. The third-order valence-electron chi connectivity index (χ3n) is 4.39. The van der Waals surface area contributed by atoms with E-state index in [1.54, 1.807) is 19.1 Å². The number of nitrogens with two attached hydrogens (primary N) is 1. The van der Waals surface area contributed by atoms with E-state index in [2.05, 4.69) is 4.98 Å². The summed E-state index contributed by atoms with van der Waals surface area (Å²) in [5.41, 5.74) is 9.39. The van der Waals surface area contributed by atoms with E-state index in [1.807, 2.05) is 30.5 Å². The summed E-state index contributed by atoms with van der Waals surface area (Å²) < 4.78 is 16.0. The number of fused-ring (bicyclic) bond motifs is 1. The number of benzene rings is 2. The Balaban J connectivity index is 2.00. The van der Waals surface area contributed by atoms with Gasteiger partial charge in [0.25, 0.3) is 0 Å². The zero-order chi connectivity index (χ0) is 19.6. The Bertz CT molecular complexity index is 1010. The highest BCUT2D eigenvalue weighted by Gasteiger charge is 2.18. The Morgan fingerprint density at radius 3 is 2.30 bits per heavy atom. The van der Waals surface area contributed by atoms with Crippen molar-refractivity contribution in [3.8, 4) is 17.2 Å². The summed E-state index contributed by atoms with van der Waals surface area (Å²) in [6, 6.07) is 8.94. The Morgan fingerprint density at radius 1 is 1.04 bits per heavy atom. The molecule has 3 rings (SSSR count). The Labute approximate surface area is 157 Å². The molecule has 0 aliphatic heterocycles. The predicted molar refractivity (Wildman–Crippen MR) is 107 cm³/mol. The van der Waals surface area contributed by atoms with E-state index in [9.17, 15) is 4.79 Å². The van der Waals surface area contributed by atoms with Crippen LogP contribution in [0.25, 0.3) is 17.0 Å². The number of aromatic nitrogens is 1. The van der Waals surface area contributed by atoms with Gasteiger partial charge >= 0.3 is 0 Å². The van der Waals surface area contributed by atoms with E-state index in [1.165, 1.54) is 21.3 Å². The first-order chi connectivity index (χ1) is 13.0. The number of hydrogen-bond acceptors (Lipinski definition) is 5. The number of methoxy groups -OCH3 is 3. The van der Waals surface area contributed by atoms with Crippen LogP contribution < -0.4 is 19.9 Å². The molecule has 3 aromatic rings. The van der Waals surface area contributed by atoms with Crippen molar-refractivity contribution in [1.82, 2.24) is 4.98 Å². The molecule has 3 N–H and O–H groups in total. The van der Waals surface area contributed by atoms with Gasteiger partial charge in [-0.15, -0.1) is 0 Å². The second-order valence-electron chi connectivity index (χ2n) is 6.12. The molecule has 0 spiro atoms. The molecule has 6 heteroatoms. The van der Waals surface area contributed by atoms with E-state index >= 15 is 0 Å². The number of rotatable bonds is 6. The molecule has 140 valence electrons. The number of anilines is 1. The lowest BCUT2D eigenvalue weighted by molar-refractivity contribution is 0.103. The minimum absolute atomic E-state index is 0.126. The van der Waals surface area contributed by atoms with Crippen LogP contribution in [0, 0.1) is 0 Å². The molecule has 0 fully saturated rings. The fourth-order valence-corrected chi connectivity index (χ4v) is 3.02. The maximum Gasteiger partial charge on any atom is 0.203 e. The van der Waals surface area contributed by atoms with Gasteiger partial charge in [-0.2, -0.15) is 0 Å². The molecule has 1 aromatic heterocycles. The van der Waals surface area contributed by atoms with Crippen LogP contribution in [-0.2, 0) is 0 Å². The first-order valence-electron chi connectivity index (χ1n) is 8.38. The molecule has 0 amide bonds. The number of hydrogen-bond donors (Lipinski definition) is 2. The van der Waals surface area contributed by atoms with Crippen LogP contribution in [-0.4, -0.2) is 32.1 Å². The third kappa shape index (κ3) is 3.46. The van der Waals surface area contributed by atoms with Crippen LogP contribution in [0.15, 0.2) is 42.1 Å². The van der Waals surface area contributed by atoms with E-state index < -0.39 is 0 Å². The van der Waals surface area contributed by atoms with Gasteiger partial charge in [0.15, 0.2) is 17.3 Å². The summed E-state index contributed by atoms with van der Waals surface area (Å²) in [5, 5.41) is 1.00. The molecule has 0 bridgehead atoms. The van der Waals surface area contributed by atoms with Gasteiger partial charge in [-0.25, -0.2) is 0 Å². The summed E-state index contributed by atoms with van der Waals surface area (Å²) in [5.74, 6) is 1.21. The number of H-pyrrole nitrogens is 1. The highest BCUT2D eigenvalue weighted by Crippen LogP contribution is 2.38. The molecule has 0 radical (unpaired) electrons. The standard InChI is InChI=1S/C21H22N2O4/c1-12(7-14-11-23-17-10-15(22)5-6-16(14)17)20(24)13-8-18(25-2)21(27-4)19(9-13)26-3/h5-11,23H,22H2,1-4H3/b12-7+. The summed E-state index contributed by atoms with van der Waals surface area (Å²) in [7, 11) is 4.56. The van der Waals surface area contributed by atoms with E-state index in [4.69, 9.17) is 19.9 Å². The molecule has 0 unspecified atom stereocenters. The Hall–Kier alpha value is -3.41. The zero-order valence-corrected chi connectivity index (χ0v) is 15.8. The van der Waals surface area contributed by atoms with Crippen LogP contribution in [0.5, 0.6) is 17.2 Å². The van der Waals surface area contributed by atoms with Crippen molar-refractivity contribution >= 4 is 28.4 Å². The van der Waals surface area contributed by atoms with Gasteiger partial charge < -0.3 is 24.9 Å². The van der Waals surface area contributed by atoms with E-state index in [-0.39, 0.29) is 5.78 Å². The van der Waals surface area contributed by atoms with Gasteiger partial charge in [-0.3, -0.25) is 4.79 Å². The Kier molecular flexibility index (Phi) is 5.07. The fourth-order valence-electron chi connectivity index (χ4n) is 3.02. The maximum absolute atomic E-state index is 12.9. The quantitative estimate of drug-likeness (QED) is 0.390. The largest absolute Gasteiger partial charge is 0.493 e. The molecular weight excluding hydrogens is 344 g/mol. The second-order valence-corrected chi connectivity index (χ2v) is 6.12. The molecule has 0 atom stereocenters. The fraction of sp³-hybridized carbons (Fsp3) is 0.190. The summed E-state index contributed by atoms with van der Waals surface area (Å²) in [4.78, 5) is 16.1. The topological polar surface area (TPSA) is 86.6 Å². The average Bonchev–Trinajstić information content (AvgIpc) is 3.07. The van der Waals surface area contributed by atoms with Crippen molar-refractivity contribution in [3.63, 3.8) is 0 Å².